The molecule has 106 valence electrons. The predicted molar refractivity (Wildman–Crippen MR) is 83.6 cm³/mol. The molecular weight excluding hydrogens is 307 g/mol. The van der Waals surface area contributed by atoms with Crippen LogP contribution in [0.25, 0.3) is 11.4 Å². The molecule has 0 unspecified atom stereocenters. The molecule has 2 aromatic carbocycles. The summed E-state index contributed by atoms with van der Waals surface area (Å²) in [7, 11) is 0. The minimum absolute atomic E-state index is 0.506. The molecular formula is C15H12Cl2N4. The number of tetrazole rings is 1. The number of hydrogen-bond acceptors (Lipinski definition) is 3. The highest BCUT2D eigenvalue weighted by Gasteiger charge is 2.08. The maximum absolute atomic E-state index is 5.98. The molecule has 6 heteroatoms. The van der Waals surface area contributed by atoms with Crippen LogP contribution in [0.3, 0.4) is 0 Å². The minimum Gasteiger partial charge on any atom is -0.159 e. The molecule has 0 atom stereocenters. The Labute approximate surface area is 132 Å². The summed E-state index contributed by atoms with van der Waals surface area (Å²) in [5.74, 6) is 0.506. The van der Waals surface area contributed by atoms with Crippen LogP contribution < -0.4 is 0 Å². The van der Waals surface area contributed by atoms with Crippen molar-refractivity contribution in [1.29, 1.82) is 0 Å². The van der Waals surface area contributed by atoms with Gasteiger partial charge in [-0.05, 0) is 35.9 Å². The zero-order valence-electron chi connectivity index (χ0n) is 11.3. The van der Waals surface area contributed by atoms with Crippen LogP contribution in [0.2, 0.25) is 10.0 Å². The molecule has 3 aromatic rings. The summed E-state index contributed by atoms with van der Waals surface area (Å²) in [5.41, 5.74) is 3.09. The predicted octanol–water partition coefficient (Wildman–Crippen LogP) is 4.00. The summed E-state index contributed by atoms with van der Waals surface area (Å²) in [4.78, 5) is 1.55. The van der Waals surface area contributed by atoms with Crippen molar-refractivity contribution in [3.63, 3.8) is 0 Å². The summed E-state index contributed by atoms with van der Waals surface area (Å²) in [6, 6.07) is 13.4. The highest BCUT2D eigenvalue weighted by atomic mass is 35.5. The third-order valence-electron chi connectivity index (χ3n) is 3.02. The number of nitrogens with zero attached hydrogens (tertiary/aromatic N) is 4. The third-order valence-corrected chi connectivity index (χ3v) is 3.45. The molecule has 3 rings (SSSR count). The summed E-state index contributed by atoms with van der Waals surface area (Å²) in [6.45, 7) is 2.63. The highest BCUT2D eigenvalue weighted by molar-refractivity contribution is 6.35. The van der Waals surface area contributed by atoms with E-state index in [1.54, 1.807) is 23.0 Å². The molecule has 0 bridgehead atoms. The van der Waals surface area contributed by atoms with Crippen LogP contribution in [0.1, 0.15) is 11.1 Å². The van der Waals surface area contributed by atoms with E-state index < -0.39 is 0 Å². The van der Waals surface area contributed by atoms with Gasteiger partial charge in [0.05, 0.1) is 6.54 Å². The molecule has 0 radical (unpaired) electrons. The van der Waals surface area contributed by atoms with E-state index in [4.69, 9.17) is 23.2 Å². The summed E-state index contributed by atoms with van der Waals surface area (Å²) < 4.78 is 0. The lowest BCUT2D eigenvalue weighted by atomic mass is 10.1. The topological polar surface area (TPSA) is 43.6 Å². The first-order valence-electron chi connectivity index (χ1n) is 6.40. The van der Waals surface area contributed by atoms with Crippen LogP contribution in [-0.4, -0.2) is 20.2 Å². The van der Waals surface area contributed by atoms with Crippen molar-refractivity contribution in [3.8, 4) is 11.4 Å². The highest BCUT2D eigenvalue weighted by Crippen LogP contribution is 2.24. The molecule has 1 heterocycles. The van der Waals surface area contributed by atoms with Crippen LogP contribution in [0.15, 0.2) is 42.5 Å². The third kappa shape index (κ3) is 3.40. The molecule has 21 heavy (non-hydrogen) atoms. The first-order chi connectivity index (χ1) is 10.1. The number of aryl methyl sites for hydroxylation is 1. The Morgan fingerprint density at radius 1 is 1.00 bits per heavy atom. The molecule has 0 amide bonds. The molecule has 0 aliphatic heterocycles. The zero-order valence-corrected chi connectivity index (χ0v) is 12.8. The maximum atomic E-state index is 5.98. The summed E-state index contributed by atoms with van der Waals surface area (Å²) in [6.07, 6.45) is 0. The normalized spacial score (nSPS) is 10.8. The molecule has 0 aliphatic carbocycles. The first kappa shape index (κ1) is 14.0. The number of rotatable bonds is 3. The van der Waals surface area contributed by atoms with Gasteiger partial charge in [-0.25, -0.2) is 0 Å². The molecule has 0 N–H and O–H groups in total. The quantitative estimate of drug-likeness (QED) is 0.733. The van der Waals surface area contributed by atoms with E-state index in [-0.39, 0.29) is 0 Å². The molecule has 1 aromatic heterocycles. The van der Waals surface area contributed by atoms with Gasteiger partial charge in [0, 0.05) is 15.6 Å². The van der Waals surface area contributed by atoms with Crippen LogP contribution in [0.5, 0.6) is 0 Å². The van der Waals surface area contributed by atoms with Crippen molar-refractivity contribution >= 4 is 23.2 Å². The first-order valence-corrected chi connectivity index (χ1v) is 7.15. The average molecular weight is 319 g/mol. The smallest absolute Gasteiger partial charge is 0.159 e. The van der Waals surface area contributed by atoms with E-state index in [9.17, 15) is 0 Å². The second-order valence-corrected chi connectivity index (χ2v) is 5.66. The van der Waals surface area contributed by atoms with Gasteiger partial charge in [0.1, 0.15) is 0 Å². The maximum Gasteiger partial charge on any atom is 0.205 e. The largest absolute Gasteiger partial charge is 0.205 e. The summed E-state index contributed by atoms with van der Waals surface area (Å²) in [5, 5.41) is 13.6. The molecule has 0 saturated heterocycles. The van der Waals surface area contributed by atoms with Crippen LogP contribution in [-0.2, 0) is 6.54 Å². The van der Waals surface area contributed by atoms with Gasteiger partial charge in [-0.3, -0.25) is 0 Å². The van der Waals surface area contributed by atoms with Gasteiger partial charge in [0.15, 0.2) is 0 Å². The Hall–Kier alpha value is -1.91. The number of hydrogen-bond donors (Lipinski definition) is 0. The monoisotopic (exact) mass is 318 g/mol. The zero-order chi connectivity index (χ0) is 14.8. The van der Waals surface area contributed by atoms with E-state index in [2.05, 4.69) is 46.6 Å². The van der Waals surface area contributed by atoms with Gasteiger partial charge in [-0.1, -0.05) is 53.0 Å². The molecule has 0 spiro atoms. The van der Waals surface area contributed by atoms with Gasteiger partial charge in [-0.2, -0.15) is 4.80 Å². The lowest BCUT2D eigenvalue weighted by Crippen LogP contribution is -2.03. The minimum atomic E-state index is 0.506. The Balaban J connectivity index is 1.84. The second-order valence-electron chi connectivity index (χ2n) is 4.79. The van der Waals surface area contributed by atoms with Crippen molar-refractivity contribution in [3.05, 3.63) is 63.6 Å². The lowest BCUT2D eigenvalue weighted by Gasteiger charge is -2.00. The van der Waals surface area contributed by atoms with E-state index >= 15 is 0 Å². The Morgan fingerprint density at radius 2 is 1.67 bits per heavy atom. The van der Waals surface area contributed by atoms with Crippen molar-refractivity contribution in [2.75, 3.05) is 0 Å². The number of halogens is 2. The fourth-order valence-electron chi connectivity index (χ4n) is 1.97. The van der Waals surface area contributed by atoms with Crippen molar-refractivity contribution in [1.82, 2.24) is 20.2 Å². The van der Waals surface area contributed by atoms with Crippen molar-refractivity contribution in [2.24, 2.45) is 0 Å². The molecule has 4 nitrogen and oxygen atoms in total. The van der Waals surface area contributed by atoms with E-state index in [0.717, 1.165) is 11.1 Å². The van der Waals surface area contributed by atoms with Crippen molar-refractivity contribution in [2.45, 2.75) is 13.5 Å². The van der Waals surface area contributed by atoms with Crippen LogP contribution in [0.4, 0.5) is 0 Å². The standard InChI is InChI=1S/C15H12Cl2N4/c1-10-2-4-11(5-3-10)9-21-19-15(18-20-21)12-6-13(16)8-14(17)7-12/h2-8H,9H2,1H3. The second kappa shape index (κ2) is 5.84. The van der Waals surface area contributed by atoms with Crippen LogP contribution >= 0.6 is 23.2 Å². The molecule has 0 saturated carbocycles. The molecule has 0 fully saturated rings. The number of aromatic nitrogens is 4. The summed E-state index contributed by atoms with van der Waals surface area (Å²) >= 11 is 12.0. The van der Waals surface area contributed by atoms with Gasteiger partial charge in [0.2, 0.25) is 5.82 Å². The average Bonchev–Trinajstić information content (AvgIpc) is 2.89. The molecule has 0 aliphatic rings. The SMILES string of the molecule is Cc1ccc(Cn2nnc(-c3cc(Cl)cc(Cl)c3)n2)cc1. The Kier molecular flexibility index (Phi) is 3.90. The number of benzene rings is 2. The van der Waals surface area contributed by atoms with E-state index in [1.807, 2.05) is 0 Å². The van der Waals surface area contributed by atoms with Gasteiger partial charge < -0.3 is 0 Å². The Morgan fingerprint density at radius 3 is 2.33 bits per heavy atom. The Bertz CT molecular complexity index is 745. The lowest BCUT2D eigenvalue weighted by molar-refractivity contribution is 0.573. The van der Waals surface area contributed by atoms with E-state index in [0.29, 0.717) is 22.4 Å². The fourth-order valence-corrected chi connectivity index (χ4v) is 2.49. The fraction of sp³-hybridized carbons (Fsp3) is 0.133. The van der Waals surface area contributed by atoms with Gasteiger partial charge in [0.25, 0.3) is 0 Å². The van der Waals surface area contributed by atoms with Gasteiger partial charge >= 0.3 is 0 Å². The van der Waals surface area contributed by atoms with Crippen LogP contribution in [0, 0.1) is 6.92 Å². The van der Waals surface area contributed by atoms with Crippen molar-refractivity contribution < 1.29 is 0 Å². The van der Waals surface area contributed by atoms with E-state index in [1.165, 1.54) is 5.56 Å². The van der Waals surface area contributed by atoms with Gasteiger partial charge in [-0.15, -0.1) is 10.2 Å².